The number of carbonyl (C=O) groups excluding carboxylic acids is 3. The zero-order valence-electron chi connectivity index (χ0n) is 19.5. The number of rotatable bonds is 7. The summed E-state index contributed by atoms with van der Waals surface area (Å²) >= 11 is 7.75. The molecular weight excluding hydrogens is 470 g/mol. The van der Waals surface area contributed by atoms with Gasteiger partial charge in [0.15, 0.2) is 0 Å². The van der Waals surface area contributed by atoms with Gasteiger partial charge in [0.2, 0.25) is 0 Å². The molecule has 182 valence electrons. The molecule has 0 spiro atoms. The van der Waals surface area contributed by atoms with Gasteiger partial charge in [-0.1, -0.05) is 29.8 Å². The highest BCUT2D eigenvalue weighted by Gasteiger charge is 2.35. The Morgan fingerprint density at radius 3 is 2.52 bits per heavy atom. The molecule has 1 aromatic rings. The lowest BCUT2D eigenvalue weighted by Gasteiger charge is -2.38. The molecule has 1 aliphatic rings. The maximum Gasteiger partial charge on any atom is 0.508 e. The first kappa shape index (κ1) is 27.0. The Kier molecular flexibility index (Phi) is 10.1. The Hall–Kier alpha value is -2.23. The van der Waals surface area contributed by atoms with Gasteiger partial charge in [0, 0.05) is 29.4 Å². The zero-order valence-corrected chi connectivity index (χ0v) is 21.0. The van der Waals surface area contributed by atoms with E-state index in [2.05, 4.69) is 4.74 Å². The van der Waals surface area contributed by atoms with E-state index >= 15 is 0 Å². The molecule has 1 unspecified atom stereocenters. The summed E-state index contributed by atoms with van der Waals surface area (Å²) in [5.74, 6) is -0.862. The molecule has 0 aliphatic carbocycles. The monoisotopic (exact) mass is 499 g/mol. The molecule has 0 saturated carbocycles. The molecule has 2 rings (SSSR count). The van der Waals surface area contributed by atoms with Gasteiger partial charge in [-0.25, -0.2) is 14.4 Å². The highest BCUT2D eigenvalue weighted by Crippen LogP contribution is 2.35. The van der Waals surface area contributed by atoms with E-state index in [1.807, 2.05) is 4.90 Å². The van der Waals surface area contributed by atoms with Crippen molar-refractivity contribution in [3.63, 3.8) is 0 Å². The summed E-state index contributed by atoms with van der Waals surface area (Å²) in [6.45, 7) is 6.21. The summed E-state index contributed by atoms with van der Waals surface area (Å²) in [5, 5.41) is 0.330. The topological polar surface area (TPSA) is 91.4 Å². The lowest BCUT2D eigenvalue weighted by Crippen LogP contribution is -2.43. The summed E-state index contributed by atoms with van der Waals surface area (Å²) in [4.78, 5) is 38.5. The Labute approximate surface area is 203 Å². The second kappa shape index (κ2) is 12.3. The molecule has 0 N–H and O–H groups in total. The minimum Gasteiger partial charge on any atom is -0.468 e. The zero-order chi connectivity index (χ0) is 24.6. The molecule has 1 fully saturated rings. The van der Waals surface area contributed by atoms with Gasteiger partial charge < -0.3 is 18.9 Å². The van der Waals surface area contributed by atoms with Gasteiger partial charge in [-0.3, -0.25) is 4.90 Å². The quantitative estimate of drug-likeness (QED) is 0.234. The summed E-state index contributed by atoms with van der Waals surface area (Å²) in [5.41, 5.74) is 0.725. The number of esters is 2. The molecule has 10 heteroatoms. The van der Waals surface area contributed by atoms with E-state index in [0.717, 1.165) is 5.57 Å². The van der Waals surface area contributed by atoms with E-state index in [4.69, 9.17) is 25.8 Å². The largest absolute Gasteiger partial charge is 0.508 e. The SMILES string of the molecule is COC(=O)OCSC1CCN([C@H](C(=O)OC)c2ccccc2Cl)C/C1=C/C(=O)OC(C)(C)C. The molecule has 0 bridgehead atoms. The fraction of sp³-hybridized carbons (Fsp3) is 0.522. The molecule has 0 amide bonds. The van der Waals surface area contributed by atoms with E-state index < -0.39 is 29.7 Å². The average molecular weight is 500 g/mol. The number of nitrogens with zero attached hydrogens (tertiary/aromatic N) is 1. The third kappa shape index (κ3) is 8.24. The van der Waals surface area contributed by atoms with Gasteiger partial charge in [-0.2, -0.15) is 0 Å². The summed E-state index contributed by atoms with van der Waals surface area (Å²) in [6, 6.07) is 6.37. The molecule has 1 aliphatic heterocycles. The standard InChI is InChI=1S/C23H30ClNO7S/c1-23(2,3)32-19(26)12-15-13-25(11-10-18(15)33-14-31-22(28)30-5)20(21(27)29-4)16-8-6-7-9-17(16)24/h6-9,12,18,20H,10-11,13-14H2,1-5H3/b15-12-/t18?,20-/m0/s1. The van der Waals surface area contributed by atoms with Crippen LogP contribution in [-0.2, 0) is 28.5 Å². The summed E-state index contributed by atoms with van der Waals surface area (Å²) in [7, 11) is 2.57. The van der Waals surface area contributed by atoms with Crippen LogP contribution in [0.2, 0.25) is 5.02 Å². The first-order valence-electron chi connectivity index (χ1n) is 10.4. The highest BCUT2D eigenvalue weighted by atomic mass is 35.5. The third-order valence-corrected chi connectivity index (χ3v) is 6.33. The van der Waals surface area contributed by atoms with Gasteiger partial charge in [0.25, 0.3) is 0 Å². The fourth-order valence-electron chi connectivity index (χ4n) is 3.42. The van der Waals surface area contributed by atoms with Crippen molar-refractivity contribution in [2.75, 3.05) is 33.2 Å². The Morgan fingerprint density at radius 1 is 1.21 bits per heavy atom. The Bertz CT molecular complexity index is 884. The minimum atomic E-state index is -0.776. The van der Waals surface area contributed by atoms with Crippen LogP contribution in [0.3, 0.4) is 0 Å². The van der Waals surface area contributed by atoms with Gasteiger partial charge in [-0.15, -0.1) is 11.8 Å². The van der Waals surface area contributed by atoms with E-state index in [1.165, 1.54) is 32.1 Å². The van der Waals surface area contributed by atoms with Crippen LogP contribution in [0.25, 0.3) is 0 Å². The average Bonchev–Trinajstić information content (AvgIpc) is 2.74. The van der Waals surface area contributed by atoms with Gasteiger partial charge in [-0.05, 0) is 44.4 Å². The van der Waals surface area contributed by atoms with Crippen molar-refractivity contribution in [2.45, 2.75) is 44.1 Å². The number of piperidine rings is 1. The molecule has 0 aromatic heterocycles. The van der Waals surface area contributed by atoms with Crippen LogP contribution in [0.5, 0.6) is 0 Å². The number of methoxy groups -OCH3 is 2. The molecule has 2 atom stereocenters. The second-order valence-corrected chi connectivity index (χ2v) is 9.88. The van der Waals surface area contributed by atoms with Crippen LogP contribution in [0.15, 0.2) is 35.9 Å². The van der Waals surface area contributed by atoms with Crippen LogP contribution >= 0.6 is 23.4 Å². The molecule has 1 saturated heterocycles. The molecule has 33 heavy (non-hydrogen) atoms. The molecule has 0 radical (unpaired) electrons. The number of hydrogen-bond donors (Lipinski definition) is 0. The highest BCUT2D eigenvalue weighted by molar-refractivity contribution is 7.99. The molecule has 8 nitrogen and oxygen atoms in total. The number of halogens is 1. The number of carbonyl (C=O) groups is 3. The van der Waals surface area contributed by atoms with E-state index in [0.29, 0.717) is 30.1 Å². The number of benzene rings is 1. The van der Waals surface area contributed by atoms with Crippen molar-refractivity contribution in [1.82, 2.24) is 4.90 Å². The maximum absolute atomic E-state index is 12.7. The molecule has 1 aromatic carbocycles. The predicted octanol–water partition coefficient (Wildman–Crippen LogP) is 4.37. The molecule has 1 heterocycles. The van der Waals surface area contributed by atoms with Crippen LogP contribution < -0.4 is 0 Å². The first-order valence-corrected chi connectivity index (χ1v) is 11.8. The normalized spacial score (nSPS) is 19.0. The van der Waals surface area contributed by atoms with Gasteiger partial charge in [0.05, 0.1) is 14.2 Å². The Balaban J connectivity index is 2.30. The summed E-state index contributed by atoms with van der Waals surface area (Å²) < 4.78 is 20.0. The van der Waals surface area contributed by atoms with Crippen molar-refractivity contribution in [3.05, 3.63) is 46.5 Å². The van der Waals surface area contributed by atoms with E-state index in [9.17, 15) is 14.4 Å². The fourth-order valence-corrected chi connectivity index (χ4v) is 4.62. The van der Waals surface area contributed by atoms with Crippen molar-refractivity contribution >= 4 is 41.5 Å². The number of hydrogen-bond acceptors (Lipinski definition) is 9. The van der Waals surface area contributed by atoms with Crippen LogP contribution in [0, 0.1) is 0 Å². The number of likely N-dealkylation sites (tertiary alicyclic amines) is 1. The van der Waals surface area contributed by atoms with Crippen LogP contribution in [0.1, 0.15) is 38.8 Å². The minimum absolute atomic E-state index is 0.0634. The maximum atomic E-state index is 12.7. The summed E-state index contributed by atoms with van der Waals surface area (Å²) in [6.07, 6.45) is 1.28. The van der Waals surface area contributed by atoms with Crippen LogP contribution in [0.4, 0.5) is 4.79 Å². The Morgan fingerprint density at radius 2 is 1.91 bits per heavy atom. The lowest BCUT2D eigenvalue weighted by atomic mass is 9.98. The smallest absolute Gasteiger partial charge is 0.468 e. The van der Waals surface area contributed by atoms with Gasteiger partial charge >= 0.3 is 18.1 Å². The van der Waals surface area contributed by atoms with Crippen LogP contribution in [-0.4, -0.2) is 67.1 Å². The third-order valence-electron chi connectivity index (χ3n) is 4.79. The van der Waals surface area contributed by atoms with Crippen molar-refractivity contribution in [3.8, 4) is 0 Å². The van der Waals surface area contributed by atoms with E-state index in [-0.39, 0.29) is 11.2 Å². The van der Waals surface area contributed by atoms with Crippen molar-refractivity contribution in [1.29, 1.82) is 0 Å². The van der Waals surface area contributed by atoms with Crippen molar-refractivity contribution in [2.24, 2.45) is 0 Å². The first-order chi connectivity index (χ1) is 15.6. The van der Waals surface area contributed by atoms with Crippen molar-refractivity contribution < 1.29 is 33.3 Å². The second-order valence-electron chi connectivity index (χ2n) is 8.33. The molecular formula is C23H30ClNO7S. The van der Waals surface area contributed by atoms with Gasteiger partial charge in [0.1, 0.15) is 17.6 Å². The number of thioether (sulfide) groups is 1. The van der Waals surface area contributed by atoms with E-state index in [1.54, 1.807) is 45.0 Å². The number of ether oxygens (including phenoxy) is 4. The lowest BCUT2D eigenvalue weighted by molar-refractivity contribution is -0.148. The predicted molar refractivity (Wildman–Crippen MR) is 126 cm³/mol.